The van der Waals surface area contributed by atoms with Crippen LogP contribution in [0.4, 0.5) is 0 Å². The monoisotopic (exact) mass is 395 g/mol. The molecule has 0 aliphatic heterocycles. The molecule has 1 heterocycles. The highest BCUT2D eigenvalue weighted by Gasteiger charge is 2.16. The highest BCUT2D eigenvalue weighted by molar-refractivity contribution is 6.30. The molecule has 0 atom stereocenters. The van der Waals surface area contributed by atoms with E-state index in [4.69, 9.17) is 16.7 Å². The molecule has 142 valence electrons. The molecule has 0 aliphatic rings. The maximum atomic E-state index is 12.8. The lowest BCUT2D eigenvalue weighted by Crippen LogP contribution is -2.31. The van der Waals surface area contributed by atoms with Gasteiger partial charge < -0.3 is 10.4 Å². The van der Waals surface area contributed by atoms with Gasteiger partial charge in [-0.05, 0) is 35.9 Å². The Balaban J connectivity index is 1.91. The molecule has 1 aromatic heterocycles. The molecule has 0 spiro atoms. The van der Waals surface area contributed by atoms with E-state index in [-0.39, 0.29) is 18.8 Å². The molecular formula is C21H18ClN3O3. The number of amides is 1. The molecule has 3 rings (SSSR count). The van der Waals surface area contributed by atoms with Gasteiger partial charge in [0.15, 0.2) is 5.69 Å². The molecule has 0 fully saturated rings. The van der Waals surface area contributed by atoms with Gasteiger partial charge in [0.25, 0.3) is 5.91 Å². The Morgan fingerprint density at radius 2 is 2.00 bits per heavy atom. The van der Waals surface area contributed by atoms with Crippen LogP contribution < -0.4 is 10.7 Å². The van der Waals surface area contributed by atoms with Gasteiger partial charge in [-0.3, -0.25) is 14.3 Å². The van der Waals surface area contributed by atoms with Crippen molar-refractivity contribution < 1.29 is 9.90 Å². The Morgan fingerprint density at radius 1 is 1.25 bits per heavy atom. The van der Waals surface area contributed by atoms with E-state index in [2.05, 4.69) is 22.3 Å². The maximum Gasteiger partial charge on any atom is 0.276 e. The van der Waals surface area contributed by atoms with Crippen molar-refractivity contribution in [3.63, 3.8) is 0 Å². The fourth-order valence-electron chi connectivity index (χ4n) is 2.69. The number of aliphatic hydroxyl groups is 1. The van der Waals surface area contributed by atoms with E-state index < -0.39 is 11.3 Å². The standard InChI is InChI=1S/C21H18ClN3O3/c1-25-18-10-7-14(4-2-3-11-26)12-17(18)20(27)19(24-25)21(28)23-13-15-5-8-16(22)9-6-15/h5-10,12,26H,3,11,13H2,1H3,(H,23,28). The Kier molecular flexibility index (Phi) is 6.09. The van der Waals surface area contributed by atoms with Gasteiger partial charge in [0, 0.05) is 30.6 Å². The van der Waals surface area contributed by atoms with Crippen LogP contribution in [0, 0.1) is 11.8 Å². The second-order valence-corrected chi connectivity index (χ2v) is 6.55. The van der Waals surface area contributed by atoms with E-state index in [1.54, 1.807) is 49.5 Å². The van der Waals surface area contributed by atoms with E-state index in [1.165, 1.54) is 4.68 Å². The van der Waals surface area contributed by atoms with Crippen molar-refractivity contribution >= 4 is 28.4 Å². The molecule has 3 aromatic rings. The van der Waals surface area contributed by atoms with Crippen molar-refractivity contribution in [3.05, 3.63) is 74.5 Å². The van der Waals surface area contributed by atoms with Crippen LogP contribution >= 0.6 is 11.6 Å². The lowest BCUT2D eigenvalue weighted by molar-refractivity contribution is 0.0943. The van der Waals surface area contributed by atoms with E-state index in [0.29, 0.717) is 27.9 Å². The molecule has 7 heteroatoms. The summed E-state index contributed by atoms with van der Waals surface area (Å²) in [5.74, 6) is 5.16. The van der Waals surface area contributed by atoms with Crippen molar-refractivity contribution in [1.82, 2.24) is 15.1 Å². The third-order valence-electron chi connectivity index (χ3n) is 4.11. The largest absolute Gasteiger partial charge is 0.395 e. The molecular weight excluding hydrogens is 378 g/mol. The van der Waals surface area contributed by atoms with Crippen molar-refractivity contribution in [2.75, 3.05) is 6.61 Å². The summed E-state index contributed by atoms with van der Waals surface area (Å²) in [4.78, 5) is 25.3. The number of fused-ring (bicyclic) bond motifs is 1. The zero-order valence-corrected chi connectivity index (χ0v) is 16.0. The summed E-state index contributed by atoms with van der Waals surface area (Å²) in [6, 6.07) is 12.2. The Morgan fingerprint density at radius 3 is 2.71 bits per heavy atom. The second kappa shape index (κ2) is 8.70. The fourth-order valence-corrected chi connectivity index (χ4v) is 2.82. The highest BCUT2D eigenvalue weighted by atomic mass is 35.5. The third-order valence-corrected chi connectivity index (χ3v) is 4.36. The van der Waals surface area contributed by atoms with Crippen LogP contribution in [0.1, 0.15) is 28.0 Å². The van der Waals surface area contributed by atoms with Gasteiger partial charge >= 0.3 is 0 Å². The average Bonchev–Trinajstić information content (AvgIpc) is 2.70. The van der Waals surface area contributed by atoms with E-state index >= 15 is 0 Å². The van der Waals surface area contributed by atoms with Crippen LogP contribution in [-0.2, 0) is 13.6 Å². The Labute approximate surface area is 166 Å². The summed E-state index contributed by atoms with van der Waals surface area (Å²) in [5, 5.41) is 16.6. The molecule has 0 saturated heterocycles. The fraction of sp³-hybridized carbons (Fsp3) is 0.190. The smallest absolute Gasteiger partial charge is 0.276 e. The molecule has 1 amide bonds. The van der Waals surface area contributed by atoms with Crippen molar-refractivity contribution in [1.29, 1.82) is 0 Å². The first-order chi connectivity index (χ1) is 13.5. The van der Waals surface area contributed by atoms with Gasteiger partial charge in [-0.2, -0.15) is 5.10 Å². The average molecular weight is 396 g/mol. The molecule has 2 aromatic carbocycles. The summed E-state index contributed by atoms with van der Waals surface area (Å²) in [6.45, 7) is 0.232. The number of carbonyl (C=O) groups excluding carboxylic acids is 1. The summed E-state index contributed by atoms with van der Waals surface area (Å²) in [5.41, 5.74) is 1.47. The van der Waals surface area contributed by atoms with E-state index in [9.17, 15) is 9.59 Å². The summed E-state index contributed by atoms with van der Waals surface area (Å²) in [6.07, 6.45) is 0.352. The molecule has 0 radical (unpaired) electrons. The number of rotatable bonds is 4. The third kappa shape index (κ3) is 4.39. The summed E-state index contributed by atoms with van der Waals surface area (Å²) >= 11 is 5.85. The summed E-state index contributed by atoms with van der Waals surface area (Å²) in [7, 11) is 1.68. The van der Waals surface area contributed by atoms with Gasteiger partial charge in [-0.15, -0.1) is 0 Å². The molecule has 0 unspecified atom stereocenters. The number of nitrogens with one attached hydrogen (secondary N) is 1. The molecule has 2 N–H and O–H groups in total. The quantitative estimate of drug-likeness (QED) is 0.663. The molecule has 6 nitrogen and oxygen atoms in total. The maximum absolute atomic E-state index is 12.8. The van der Waals surface area contributed by atoms with E-state index in [0.717, 1.165) is 5.56 Å². The number of carbonyl (C=O) groups is 1. The Hall–Kier alpha value is -3.14. The van der Waals surface area contributed by atoms with Crippen LogP contribution in [-0.4, -0.2) is 27.4 Å². The number of halogens is 1. The number of nitrogens with zero attached hydrogens (tertiary/aromatic N) is 2. The van der Waals surface area contributed by atoms with Crippen LogP contribution in [0.2, 0.25) is 5.02 Å². The van der Waals surface area contributed by atoms with Crippen LogP contribution in [0.5, 0.6) is 0 Å². The number of aryl methyl sites for hydroxylation is 1. The predicted molar refractivity (Wildman–Crippen MR) is 108 cm³/mol. The van der Waals surface area contributed by atoms with Crippen molar-refractivity contribution in [3.8, 4) is 11.8 Å². The molecule has 0 saturated carbocycles. The number of aliphatic hydroxyl groups excluding tert-OH is 1. The minimum atomic E-state index is -0.547. The number of hydrogen-bond donors (Lipinski definition) is 2. The lowest BCUT2D eigenvalue weighted by atomic mass is 10.1. The summed E-state index contributed by atoms with van der Waals surface area (Å²) < 4.78 is 1.50. The van der Waals surface area contributed by atoms with E-state index in [1.807, 2.05) is 0 Å². The SMILES string of the molecule is Cn1nc(C(=O)NCc2ccc(Cl)cc2)c(=O)c2cc(C#CCCO)ccc21. The highest BCUT2D eigenvalue weighted by Crippen LogP contribution is 2.12. The number of benzene rings is 2. The number of hydrogen-bond acceptors (Lipinski definition) is 4. The van der Waals surface area contributed by atoms with Crippen LogP contribution in [0.25, 0.3) is 10.9 Å². The van der Waals surface area contributed by atoms with Crippen molar-refractivity contribution in [2.24, 2.45) is 7.05 Å². The minimum Gasteiger partial charge on any atom is -0.395 e. The molecule has 28 heavy (non-hydrogen) atoms. The molecule has 0 bridgehead atoms. The Bertz CT molecular complexity index is 1140. The normalized spacial score (nSPS) is 10.4. The van der Waals surface area contributed by atoms with Crippen LogP contribution in [0.3, 0.4) is 0 Å². The minimum absolute atomic E-state index is 0.0236. The van der Waals surface area contributed by atoms with Gasteiger partial charge in [0.05, 0.1) is 17.5 Å². The predicted octanol–water partition coefficient (Wildman–Crippen LogP) is 2.25. The number of aromatic nitrogens is 2. The zero-order chi connectivity index (χ0) is 20.1. The van der Waals surface area contributed by atoms with Gasteiger partial charge in [0.2, 0.25) is 5.43 Å². The zero-order valence-electron chi connectivity index (χ0n) is 15.2. The first-order valence-corrected chi connectivity index (χ1v) is 9.01. The topological polar surface area (TPSA) is 84.2 Å². The lowest BCUT2D eigenvalue weighted by Gasteiger charge is -2.09. The van der Waals surface area contributed by atoms with Crippen LogP contribution in [0.15, 0.2) is 47.3 Å². The van der Waals surface area contributed by atoms with Crippen molar-refractivity contribution in [2.45, 2.75) is 13.0 Å². The first kappa shape index (κ1) is 19.6. The second-order valence-electron chi connectivity index (χ2n) is 6.12. The molecule has 0 aliphatic carbocycles. The van der Waals surface area contributed by atoms with Gasteiger partial charge in [-0.1, -0.05) is 35.6 Å². The van der Waals surface area contributed by atoms with Gasteiger partial charge in [-0.25, -0.2) is 0 Å². The first-order valence-electron chi connectivity index (χ1n) is 8.63. The van der Waals surface area contributed by atoms with Gasteiger partial charge in [0.1, 0.15) is 0 Å².